The average molecular weight is 1000 g/mol. The second-order valence-electron chi connectivity index (χ2n) is 17.8. The molecule has 0 saturated heterocycles. The Kier molecular flexibility index (Phi) is 8.91. The Morgan fingerprint density at radius 2 is 1.35 bits per heavy atom. The Morgan fingerprint density at radius 1 is 0.635 bits per heavy atom. The van der Waals surface area contributed by atoms with Gasteiger partial charge in [0, 0.05) is 72.8 Å². The van der Waals surface area contributed by atoms with Crippen molar-refractivity contribution in [2.45, 2.75) is 45.4 Å². The third-order valence-corrected chi connectivity index (χ3v) is 12.6. The molecule has 0 radical (unpaired) electrons. The smallest absolute Gasteiger partial charge is 0.153 e. The maximum Gasteiger partial charge on any atom is 0.153 e. The molecule has 0 saturated carbocycles. The first-order valence-electron chi connectivity index (χ1n) is 21.1. The van der Waals surface area contributed by atoms with Crippen LogP contribution in [-0.2, 0) is 31.9 Å². The molecule has 63 heavy (non-hydrogen) atoms. The van der Waals surface area contributed by atoms with Crippen molar-refractivity contribution in [1.29, 1.82) is 0 Å². The Morgan fingerprint density at radius 3 is 2.17 bits per heavy atom. The Hall–Kier alpha value is -6.82. The van der Waals surface area contributed by atoms with E-state index in [4.69, 9.17) is 14.5 Å². The first-order chi connectivity index (χ1) is 30.1. The van der Waals surface area contributed by atoms with E-state index in [1.165, 1.54) is 22.4 Å². The molecule has 2 aromatic heterocycles. The monoisotopic (exact) mass is 999 g/mol. The van der Waals surface area contributed by atoms with Gasteiger partial charge in [0.25, 0.3) is 0 Å². The Balaban J connectivity index is 0.00000444. The fourth-order valence-corrected chi connectivity index (χ4v) is 9.52. The summed E-state index contributed by atoms with van der Waals surface area (Å²) >= 11 is 0. The molecule has 312 valence electrons. The molecule has 3 aliphatic rings. The van der Waals surface area contributed by atoms with E-state index in [1.54, 1.807) is 0 Å². The van der Waals surface area contributed by atoms with Crippen LogP contribution in [0.2, 0.25) is 0 Å². The summed E-state index contributed by atoms with van der Waals surface area (Å²) in [6.07, 6.45) is 1.90. The second-order valence-corrected chi connectivity index (χ2v) is 17.8. The summed E-state index contributed by atoms with van der Waals surface area (Å²) in [4.78, 5) is 11.6. The van der Waals surface area contributed by atoms with Crippen LogP contribution in [0.15, 0.2) is 158 Å². The number of fused-ring (bicyclic) bond motifs is 8. The van der Waals surface area contributed by atoms with Crippen LogP contribution in [0.4, 0.5) is 39.8 Å². The molecule has 0 aliphatic carbocycles. The molecule has 7 aromatic carbocycles. The van der Waals surface area contributed by atoms with Gasteiger partial charge in [-0.1, -0.05) is 101 Å². The molecule has 0 spiro atoms. The number of anilines is 7. The minimum atomic E-state index is -0.289. The van der Waals surface area contributed by atoms with E-state index < -0.39 is 0 Å². The zero-order valence-electron chi connectivity index (χ0n) is 35.5. The van der Waals surface area contributed by atoms with E-state index in [2.05, 4.69) is 200 Å². The minimum Gasteiger partial charge on any atom is -0.509 e. The summed E-state index contributed by atoms with van der Waals surface area (Å²) in [7, 11) is 0. The number of ether oxygens (including phenoxy) is 2. The number of hydrogen-bond acceptors (Lipinski definition) is 6. The normalized spacial score (nSPS) is 14.4. The summed E-state index contributed by atoms with van der Waals surface area (Å²) in [5.41, 5.74) is 12.6. The molecule has 0 bridgehead atoms. The van der Waals surface area contributed by atoms with Gasteiger partial charge in [-0.15, -0.1) is 48.1 Å². The fourth-order valence-electron chi connectivity index (χ4n) is 9.52. The van der Waals surface area contributed by atoms with Crippen molar-refractivity contribution in [2.24, 2.45) is 0 Å². The zero-order valence-corrected chi connectivity index (χ0v) is 37.7. The fraction of sp³-hybridized carbons (Fsp3) is 0.127. The maximum absolute atomic E-state index is 6.77. The Labute approximate surface area is 382 Å². The van der Waals surface area contributed by atoms with E-state index in [-0.39, 0.29) is 31.9 Å². The van der Waals surface area contributed by atoms with E-state index >= 15 is 0 Å². The molecule has 0 amide bonds. The van der Waals surface area contributed by atoms with Crippen LogP contribution in [0.25, 0.3) is 27.6 Å². The molecule has 0 N–H and O–H groups in total. The van der Waals surface area contributed by atoms with E-state index in [0.717, 1.165) is 73.2 Å². The van der Waals surface area contributed by atoms with Gasteiger partial charge in [0.15, 0.2) is 11.5 Å². The van der Waals surface area contributed by atoms with Crippen LogP contribution < -0.4 is 24.2 Å². The van der Waals surface area contributed by atoms with Crippen molar-refractivity contribution in [3.63, 3.8) is 0 Å². The molecule has 0 atom stereocenters. The average Bonchev–Trinajstić information content (AvgIpc) is 3.84. The number of pyridine rings is 1. The van der Waals surface area contributed by atoms with Gasteiger partial charge in [0.2, 0.25) is 0 Å². The zero-order chi connectivity index (χ0) is 41.9. The van der Waals surface area contributed by atoms with Gasteiger partial charge in [0.05, 0.1) is 17.1 Å². The van der Waals surface area contributed by atoms with Gasteiger partial charge >= 0.3 is 0 Å². The predicted octanol–water partition coefficient (Wildman–Crippen LogP) is 14.5. The molecule has 0 unspecified atom stereocenters. The SMILES string of the molecule is CC(C)(C)c1ccnc(-n2c3[c-]c(Oc4[c-]c(N5[CH-]N(c6cc7c8c(c6)C(C)(C)c6ccccc6N8c6ccccc6O7)c6ccccc65)ccc4)ccc3c3ccccc32)c1.[Pt]. The number of aromatic nitrogens is 2. The number of benzene rings is 7. The van der Waals surface area contributed by atoms with E-state index in [1.807, 2.05) is 30.5 Å². The van der Waals surface area contributed by atoms with Crippen LogP contribution in [0.3, 0.4) is 0 Å². The van der Waals surface area contributed by atoms with Gasteiger partial charge in [-0.3, -0.25) is 0 Å². The minimum absolute atomic E-state index is 0. The van der Waals surface area contributed by atoms with Crippen LogP contribution >= 0.6 is 0 Å². The quantitative estimate of drug-likeness (QED) is 0.160. The summed E-state index contributed by atoms with van der Waals surface area (Å²) < 4.78 is 15.6. The number of hydrogen-bond donors (Lipinski definition) is 0. The molecule has 5 heterocycles. The van der Waals surface area contributed by atoms with Crippen LogP contribution in [0.1, 0.15) is 51.3 Å². The molecular weight excluding hydrogens is 958 g/mol. The number of rotatable bonds is 5. The molecule has 7 nitrogen and oxygen atoms in total. The van der Waals surface area contributed by atoms with Gasteiger partial charge in [0.1, 0.15) is 5.82 Å². The van der Waals surface area contributed by atoms with E-state index in [0.29, 0.717) is 11.5 Å². The first-order valence-corrected chi connectivity index (χ1v) is 21.1. The second kappa shape index (κ2) is 14.4. The largest absolute Gasteiger partial charge is 0.509 e. The Bertz CT molecular complexity index is 3290. The predicted molar refractivity (Wildman–Crippen MR) is 250 cm³/mol. The topological polar surface area (TPSA) is 46.0 Å². The van der Waals surface area contributed by atoms with Crippen molar-refractivity contribution < 1.29 is 30.5 Å². The molecule has 12 rings (SSSR count). The van der Waals surface area contributed by atoms with Crippen LogP contribution in [-0.4, -0.2) is 9.55 Å². The van der Waals surface area contributed by atoms with Crippen molar-refractivity contribution in [1.82, 2.24) is 9.55 Å². The molecule has 8 heteroatoms. The standard InChI is InChI=1S/C55H42N5O2.Pt/c1-54(2,3)35-27-28-56-52(29-35)59-44-19-8-6-17-40(44)41-26-25-39(33-49(41)59)61-38-16-14-15-36(30-38)57-34-58(47-22-11-10-21-46(47)57)37-31-43-53-51(32-37)62-50-24-13-12-23-48(50)60(53)45-20-9-7-18-42(45)55(43,4)5;/h6-29,31-32,34H,1-5H3;/q-3;. The van der Waals surface area contributed by atoms with Crippen molar-refractivity contribution in [3.8, 4) is 28.8 Å². The summed E-state index contributed by atoms with van der Waals surface area (Å²) in [6.45, 7) is 13.4. The van der Waals surface area contributed by atoms with Crippen LogP contribution in [0.5, 0.6) is 23.0 Å². The van der Waals surface area contributed by atoms with Gasteiger partial charge in [-0.05, 0) is 82.1 Å². The number of para-hydroxylation sites is 6. The van der Waals surface area contributed by atoms with Gasteiger partial charge < -0.3 is 28.7 Å². The number of nitrogens with zero attached hydrogens (tertiary/aromatic N) is 5. The first kappa shape index (κ1) is 39.1. The molecule has 9 aromatic rings. The summed E-state index contributed by atoms with van der Waals surface area (Å²) in [5, 5.41) is 2.23. The molecular formula is C55H42N5O2Pt-3. The van der Waals surface area contributed by atoms with Gasteiger partial charge in [-0.2, -0.15) is 12.1 Å². The third-order valence-electron chi connectivity index (χ3n) is 12.6. The van der Waals surface area contributed by atoms with Gasteiger partial charge in [-0.25, -0.2) is 4.98 Å². The van der Waals surface area contributed by atoms with Crippen molar-refractivity contribution in [3.05, 3.63) is 193 Å². The molecule has 3 aliphatic heterocycles. The van der Waals surface area contributed by atoms with Crippen molar-refractivity contribution in [2.75, 3.05) is 14.7 Å². The maximum atomic E-state index is 6.77. The molecule has 0 fully saturated rings. The van der Waals surface area contributed by atoms with Crippen LogP contribution in [0, 0.1) is 18.8 Å². The summed E-state index contributed by atoms with van der Waals surface area (Å²) in [6, 6.07) is 60.1. The third kappa shape index (κ3) is 6.08. The van der Waals surface area contributed by atoms with E-state index in [9.17, 15) is 0 Å². The summed E-state index contributed by atoms with van der Waals surface area (Å²) in [5.74, 6) is 3.69. The van der Waals surface area contributed by atoms with Crippen molar-refractivity contribution >= 4 is 61.6 Å².